The Morgan fingerprint density at radius 1 is 1.19 bits per heavy atom. The minimum atomic E-state index is -0.0103. The summed E-state index contributed by atoms with van der Waals surface area (Å²) in [4.78, 5) is 25.4. The summed E-state index contributed by atoms with van der Waals surface area (Å²) in [6.45, 7) is 6.50. The third-order valence-electron chi connectivity index (χ3n) is 4.57. The van der Waals surface area contributed by atoms with Crippen molar-refractivity contribution in [2.75, 3.05) is 42.9 Å². The van der Waals surface area contributed by atoms with Crippen LogP contribution in [0.3, 0.4) is 0 Å². The molecule has 1 aliphatic rings. The van der Waals surface area contributed by atoms with Crippen molar-refractivity contribution < 1.29 is 4.79 Å². The molecule has 2 aromatic rings. The highest BCUT2D eigenvalue weighted by molar-refractivity contribution is 6.33. The van der Waals surface area contributed by atoms with Gasteiger partial charge in [-0.05, 0) is 18.6 Å². The number of aromatic nitrogens is 2. The number of amides is 1. The zero-order valence-corrected chi connectivity index (χ0v) is 15.7. The second-order valence-corrected chi connectivity index (χ2v) is 6.74. The molecule has 0 bridgehead atoms. The Labute approximate surface area is 159 Å². The summed E-state index contributed by atoms with van der Waals surface area (Å²) < 4.78 is 0. The number of anilines is 2. The van der Waals surface area contributed by atoms with E-state index in [0.717, 1.165) is 50.7 Å². The fraction of sp³-hybridized carbons (Fsp3) is 0.421. The highest BCUT2D eigenvalue weighted by Crippen LogP contribution is 2.20. The Hall–Kier alpha value is -2.18. The van der Waals surface area contributed by atoms with Crippen LogP contribution < -0.4 is 10.2 Å². The summed E-state index contributed by atoms with van der Waals surface area (Å²) in [7, 11) is 0. The lowest BCUT2D eigenvalue weighted by Crippen LogP contribution is -2.47. The molecule has 0 atom stereocenters. The Bertz CT molecular complexity index is 746. The van der Waals surface area contributed by atoms with Gasteiger partial charge in [-0.15, -0.1) is 0 Å². The molecule has 6 nitrogen and oxygen atoms in total. The van der Waals surface area contributed by atoms with E-state index in [1.165, 1.54) is 0 Å². The molecular weight excluding hydrogens is 350 g/mol. The summed E-state index contributed by atoms with van der Waals surface area (Å²) in [5.74, 6) is 0.983. The average molecular weight is 374 g/mol. The van der Waals surface area contributed by atoms with Gasteiger partial charge in [0.2, 0.25) is 5.91 Å². The van der Waals surface area contributed by atoms with Crippen molar-refractivity contribution in [3.8, 4) is 0 Å². The summed E-state index contributed by atoms with van der Waals surface area (Å²) in [5.41, 5.74) is 1.73. The monoisotopic (exact) mass is 373 g/mol. The van der Waals surface area contributed by atoms with Gasteiger partial charge < -0.3 is 10.2 Å². The first kappa shape index (κ1) is 18.6. The van der Waals surface area contributed by atoms with Crippen molar-refractivity contribution >= 4 is 29.0 Å². The second-order valence-electron chi connectivity index (χ2n) is 6.33. The van der Waals surface area contributed by atoms with Crippen molar-refractivity contribution in [1.82, 2.24) is 14.9 Å². The number of carbonyl (C=O) groups excluding carboxylic acids is 1. The molecule has 26 heavy (non-hydrogen) atoms. The number of piperazine rings is 1. The Kier molecular flexibility index (Phi) is 6.41. The first-order valence-corrected chi connectivity index (χ1v) is 9.36. The molecule has 2 heterocycles. The van der Waals surface area contributed by atoms with Gasteiger partial charge in [0.1, 0.15) is 12.1 Å². The molecule has 1 amide bonds. The van der Waals surface area contributed by atoms with Crippen LogP contribution in [0.15, 0.2) is 36.7 Å². The van der Waals surface area contributed by atoms with Crippen molar-refractivity contribution in [2.24, 2.45) is 0 Å². The Morgan fingerprint density at radius 2 is 1.96 bits per heavy atom. The van der Waals surface area contributed by atoms with E-state index in [4.69, 9.17) is 11.6 Å². The topological polar surface area (TPSA) is 61.4 Å². The summed E-state index contributed by atoms with van der Waals surface area (Å²) >= 11 is 6.07. The van der Waals surface area contributed by atoms with Gasteiger partial charge in [-0.2, -0.15) is 0 Å². The SMILES string of the molecule is CCc1cc(N2CCN(CCC(=O)Nc3ccccc3Cl)CC2)ncn1. The average Bonchev–Trinajstić information content (AvgIpc) is 2.68. The first-order chi connectivity index (χ1) is 12.7. The highest BCUT2D eigenvalue weighted by Gasteiger charge is 2.19. The number of para-hydroxylation sites is 1. The van der Waals surface area contributed by atoms with Gasteiger partial charge in [0.15, 0.2) is 0 Å². The lowest BCUT2D eigenvalue weighted by Gasteiger charge is -2.35. The molecule has 0 aliphatic carbocycles. The fourth-order valence-electron chi connectivity index (χ4n) is 2.99. The summed E-state index contributed by atoms with van der Waals surface area (Å²) in [6.07, 6.45) is 3.01. The van der Waals surface area contributed by atoms with Crippen molar-refractivity contribution in [3.05, 3.63) is 47.4 Å². The van der Waals surface area contributed by atoms with Crippen LogP contribution in [0.25, 0.3) is 0 Å². The molecule has 0 spiro atoms. The zero-order chi connectivity index (χ0) is 18.4. The molecule has 0 unspecified atom stereocenters. The van der Waals surface area contributed by atoms with Crippen molar-refractivity contribution in [2.45, 2.75) is 19.8 Å². The third kappa shape index (κ3) is 4.93. The molecule has 1 aromatic heterocycles. The number of nitrogens with zero attached hydrogens (tertiary/aromatic N) is 4. The van der Waals surface area contributed by atoms with E-state index in [9.17, 15) is 4.79 Å². The number of rotatable bonds is 6. The molecule has 0 radical (unpaired) electrons. The van der Waals surface area contributed by atoms with Crippen LogP contribution in [0, 0.1) is 0 Å². The quantitative estimate of drug-likeness (QED) is 0.843. The van der Waals surface area contributed by atoms with Crippen LogP contribution in [0.4, 0.5) is 11.5 Å². The van der Waals surface area contributed by atoms with E-state index in [-0.39, 0.29) is 5.91 Å². The number of nitrogens with one attached hydrogen (secondary N) is 1. The number of hydrogen-bond donors (Lipinski definition) is 1. The van der Waals surface area contributed by atoms with Crippen LogP contribution in [0.5, 0.6) is 0 Å². The predicted molar refractivity (Wildman–Crippen MR) is 105 cm³/mol. The number of benzene rings is 1. The van der Waals surface area contributed by atoms with Crippen LogP contribution in [-0.4, -0.2) is 53.5 Å². The molecule has 0 saturated carbocycles. The number of halogens is 1. The van der Waals surface area contributed by atoms with Crippen LogP contribution >= 0.6 is 11.6 Å². The molecule has 1 aromatic carbocycles. The molecule has 3 rings (SSSR count). The van der Waals surface area contributed by atoms with Crippen LogP contribution in [0.2, 0.25) is 5.02 Å². The maximum Gasteiger partial charge on any atom is 0.225 e. The highest BCUT2D eigenvalue weighted by atomic mass is 35.5. The van der Waals surface area contributed by atoms with E-state index >= 15 is 0 Å². The number of carbonyl (C=O) groups is 1. The predicted octanol–water partition coefficient (Wildman–Crippen LogP) is 2.84. The van der Waals surface area contributed by atoms with E-state index < -0.39 is 0 Å². The van der Waals surface area contributed by atoms with Gasteiger partial charge in [0.25, 0.3) is 0 Å². The summed E-state index contributed by atoms with van der Waals surface area (Å²) in [6, 6.07) is 9.35. The fourth-order valence-corrected chi connectivity index (χ4v) is 3.17. The zero-order valence-electron chi connectivity index (χ0n) is 15.0. The van der Waals surface area contributed by atoms with Crippen LogP contribution in [0.1, 0.15) is 19.0 Å². The van der Waals surface area contributed by atoms with Gasteiger partial charge >= 0.3 is 0 Å². The number of hydrogen-bond acceptors (Lipinski definition) is 5. The molecule has 1 aliphatic heterocycles. The Balaban J connectivity index is 1.44. The van der Waals surface area contributed by atoms with Crippen molar-refractivity contribution in [1.29, 1.82) is 0 Å². The largest absolute Gasteiger partial charge is 0.354 e. The maximum atomic E-state index is 12.1. The summed E-state index contributed by atoms with van der Waals surface area (Å²) in [5, 5.41) is 3.43. The van der Waals surface area contributed by atoms with E-state index in [1.54, 1.807) is 12.4 Å². The number of aryl methyl sites for hydroxylation is 1. The maximum absolute atomic E-state index is 12.1. The smallest absolute Gasteiger partial charge is 0.225 e. The molecule has 138 valence electrons. The van der Waals surface area contributed by atoms with Crippen LogP contribution in [-0.2, 0) is 11.2 Å². The Morgan fingerprint density at radius 3 is 2.69 bits per heavy atom. The van der Waals surface area contributed by atoms with E-state index in [1.807, 2.05) is 18.2 Å². The minimum absolute atomic E-state index is 0.0103. The van der Waals surface area contributed by atoms with Gasteiger partial charge in [-0.25, -0.2) is 9.97 Å². The normalized spacial score (nSPS) is 15.1. The van der Waals surface area contributed by atoms with Gasteiger partial charge in [-0.1, -0.05) is 30.7 Å². The van der Waals surface area contributed by atoms with E-state index in [0.29, 0.717) is 17.1 Å². The lowest BCUT2D eigenvalue weighted by molar-refractivity contribution is -0.116. The standard InChI is InChI=1S/C19H24ClN5O/c1-2-15-13-18(22-14-21-15)25-11-9-24(10-12-25)8-7-19(26)23-17-6-4-3-5-16(17)20/h3-6,13-14H,2,7-12H2,1H3,(H,23,26). The minimum Gasteiger partial charge on any atom is -0.354 e. The molecular formula is C19H24ClN5O. The second kappa shape index (κ2) is 8.96. The lowest BCUT2D eigenvalue weighted by atomic mass is 10.2. The molecule has 1 saturated heterocycles. The van der Waals surface area contributed by atoms with Gasteiger partial charge in [0.05, 0.1) is 10.7 Å². The van der Waals surface area contributed by atoms with E-state index in [2.05, 4.69) is 38.1 Å². The molecule has 7 heteroatoms. The molecule has 1 N–H and O–H groups in total. The van der Waals surface area contributed by atoms with Gasteiger partial charge in [-0.3, -0.25) is 9.69 Å². The van der Waals surface area contributed by atoms with Crippen molar-refractivity contribution in [3.63, 3.8) is 0 Å². The molecule has 1 fully saturated rings. The first-order valence-electron chi connectivity index (χ1n) is 8.98. The third-order valence-corrected chi connectivity index (χ3v) is 4.90. The van der Waals surface area contributed by atoms with Gasteiger partial charge in [0, 0.05) is 50.9 Å².